The lowest BCUT2D eigenvalue weighted by Crippen LogP contribution is -2.08. The first-order valence-corrected chi connectivity index (χ1v) is 6.87. The van der Waals surface area contributed by atoms with Gasteiger partial charge in [0.05, 0.1) is 6.54 Å². The summed E-state index contributed by atoms with van der Waals surface area (Å²) in [6.07, 6.45) is 5.03. The van der Waals surface area contributed by atoms with Crippen LogP contribution in [0.3, 0.4) is 0 Å². The zero-order valence-electron chi connectivity index (χ0n) is 9.86. The Balaban J connectivity index is 1.99. The molecule has 0 radical (unpaired) electrons. The van der Waals surface area contributed by atoms with Crippen molar-refractivity contribution in [2.24, 2.45) is 0 Å². The second-order valence-electron chi connectivity index (χ2n) is 3.90. The van der Waals surface area contributed by atoms with Crippen molar-refractivity contribution in [1.82, 2.24) is 9.55 Å². The van der Waals surface area contributed by atoms with Crippen LogP contribution in [0, 0.1) is 3.57 Å². The molecule has 0 atom stereocenters. The molecule has 0 amide bonds. The molecular weight excluding hydrogens is 325 g/mol. The minimum Gasteiger partial charge on any atom is -0.378 e. The first-order chi connectivity index (χ1) is 8.29. The van der Waals surface area contributed by atoms with Crippen molar-refractivity contribution >= 4 is 28.3 Å². The summed E-state index contributed by atoms with van der Waals surface area (Å²) in [4.78, 5) is 4.37. The Kier molecular flexibility index (Phi) is 4.42. The average molecular weight is 341 g/mol. The maximum Gasteiger partial charge on any atom is 0.128 e. The third-order valence-electron chi connectivity index (χ3n) is 2.54. The molecule has 2 aromatic rings. The van der Waals surface area contributed by atoms with Crippen molar-refractivity contribution in [3.63, 3.8) is 0 Å². The summed E-state index contributed by atoms with van der Waals surface area (Å²) in [7, 11) is 0. The highest BCUT2D eigenvalue weighted by Gasteiger charge is 2.01. The van der Waals surface area contributed by atoms with Crippen molar-refractivity contribution in [2.45, 2.75) is 26.4 Å². The molecule has 1 aromatic heterocycles. The molecule has 3 nitrogen and oxygen atoms in total. The summed E-state index contributed by atoms with van der Waals surface area (Å²) in [6, 6.07) is 8.36. The molecule has 17 heavy (non-hydrogen) atoms. The summed E-state index contributed by atoms with van der Waals surface area (Å²) in [5, 5.41) is 3.40. The van der Waals surface area contributed by atoms with Gasteiger partial charge in [-0.3, -0.25) is 0 Å². The van der Waals surface area contributed by atoms with Gasteiger partial charge < -0.3 is 9.88 Å². The molecule has 0 aliphatic rings. The molecule has 0 saturated heterocycles. The van der Waals surface area contributed by atoms with E-state index in [1.165, 1.54) is 3.57 Å². The summed E-state index contributed by atoms with van der Waals surface area (Å²) < 4.78 is 3.44. The second kappa shape index (κ2) is 6.05. The molecular formula is C13H16IN3. The fourth-order valence-electron chi connectivity index (χ4n) is 1.73. The lowest BCUT2D eigenvalue weighted by atomic mass is 10.3. The van der Waals surface area contributed by atoms with Crippen LogP contribution in [0.1, 0.15) is 19.2 Å². The maximum absolute atomic E-state index is 4.37. The highest BCUT2D eigenvalue weighted by molar-refractivity contribution is 14.1. The van der Waals surface area contributed by atoms with Gasteiger partial charge >= 0.3 is 0 Å². The van der Waals surface area contributed by atoms with Crippen LogP contribution in [-0.2, 0) is 13.1 Å². The molecule has 1 heterocycles. The molecule has 0 saturated carbocycles. The molecule has 0 aliphatic heterocycles. The van der Waals surface area contributed by atoms with Gasteiger partial charge in [0, 0.05) is 28.2 Å². The van der Waals surface area contributed by atoms with Crippen LogP contribution in [0.2, 0.25) is 0 Å². The van der Waals surface area contributed by atoms with Gasteiger partial charge in [-0.15, -0.1) is 0 Å². The molecule has 0 unspecified atom stereocenters. The normalized spacial score (nSPS) is 10.5. The standard InChI is InChI=1S/C13H16IN3/c1-2-7-17-8-6-15-13(17)10-16-12-5-3-4-11(14)9-12/h3-6,8-9,16H,2,7,10H2,1H3. The van der Waals surface area contributed by atoms with Gasteiger partial charge in [-0.25, -0.2) is 4.98 Å². The largest absolute Gasteiger partial charge is 0.378 e. The Morgan fingerprint density at radius 1 is 1.41 bits per heavy atom. The van der Waals surface area contributed by atoms with Crippen LogP contribution >= 0.6 is 22.6 Å². The van der Waals surface area contributed by atoms with Crippen LogP contribution in [0.15, 0.2) is 36.7 Å². The van der Waals surface area contributed by atoms with E-state index in [9.17, 15) is 0 Å². The van der Waals surface area contributed by atoms with Gasteiger partial charge in [0.15, 0.2) is 0 Å². The summed E-state index contributed by atoms with van der Waals surface area (Å²) >= 11 is 2.32. The van der Waals surface area contributed by atoms with Crippen molar-refractivity contribution < 1.29 is 0 Å². The Morgan fingerprint density at radius 2 is 2.29 bits per heavy atom. The summed E-state index contributed by atoms with van der Waals surface area (Å²) in [6.45, 7) is 3.98. The molecule has 1 N–H and O–H groups in total. The number of aryl methyl sites for hydroxylation is 1. The fraction of sp³-hybridized carbons (Fsp3) is 0.308. The average Bonchev–Trinajstić information content (AvgIpc) is 2.75. The molecule has 0 aliphatic carbocycles. The highest BCUT2D eigenvalue weighted by atomic mass is 127. The van der Waals surface area contributed by atoms with Crippen LogP contribution in [0.25, 0.3) is 0 Å². The van der Waals surface area contributed by atoms with Gasteiger partial charge in [-0.1, -0.05) is 13.0 Å². The van der Waals surface area contributed by atoms with Crippen LogP contribution in [0.5, 0.6) is 0 Å². The van der Waals surface area contributed by atoms with Crippen LogP contribution in [-0.4, -0.2) is 9.55 Å². The third-order valence-corrected chi connectivity index (χ3v) is 3.21. The number of nitrogens with zero attached hydrogens (tertiary/aromatic N) is 2. The lowest BCUT2D eigenvalue weighted by molar-refractivity contribution is 0.644. The number of aromatic nitrogens is 2. The van der Waals surface area contributed by atoms with E-state index in [-0.39, 0.29) is 0 Å². The number of hydrogen-bond acceptors (Lipinski definition) is 2. The molecule has 1 aromatic carbocycles. The number of imidazole rings is 1. The van der Waals surface area contributed by atoms with Gasteiger partial charge in [0.1, 0.15) is 5.82 Å². The number of anilines is 1. The topological polar surface area (TPSA) is 29.9 Å². The maximum atomic E-state index is 4.37. The van der Waals surface area contributed by atoms with E-state index in [4.69, 9.17) is 0 Å². The molecule has 0 spiro atoms. The monoisotopic (exact) mass is 341 g/mol. The van der Waals surface area contributed by atoms with Gasteiger partial charge in [-0.05, 0) is 47.2 Å². The predicted octanol–water partition coefficient (Wildman–Crippen LogP) is 3.51. The lowest BCUT2D eigenvalue weighted by Gasteiger charge is -2.09. The minimum atomic E-state index is 0.771. The van der Waals surface area contributed by atoms with E-state index in [0.717, 1.165) is 31.0 Å². The number of nitrogens with one attached hydrogen (secondary N) is 1. The quantitative estimate of drug-likeness (QED) is 0.844. The van der Waals surface area contributed by atoms with E-state index in [2.05, 4.69) is 68.6 Å². The number of rotatable bonds is 5. The van der Waals surface area contributed by atoms with E-state index < -0.39 is 0 Å². The van der Waals surface area contributed by atoms with E-state index in [1.54, 1.807) is 0 Å². The third kappa shape index (κ3) is 3.46. The van der Waals surface area contributed by atoms with E-state index in [0.29, 0.717) is 0 Å². The van der Waals surface area contributed by atoms with Gasteiger partial charge in [0.25, 0.3) is 0 Å². The Morgan fingerprint density at radius 3 is 3.06 bits per heavy atom. The molecule has 90 valence electrons. The van der Waals surface area contributed by atoms with E-state index in [1.807, 2.05) is 12.4 Å². The van der Waals surface area contributed by atoms with Crippen molar-refractivity contribution in [3.05, 3.63) is 46.1 Å². The van der Waals surface area contributed by atoms with Crippen molar-refractivity contribution in [1.29, 1.82) is 0 Å². The predicted molar refractivity (Wildman–Crippen MR) is 79.0 cm³/mol. The summed E-state index contributed by atoms with van der Waals surface area (Å²) in [5.74, 6) is 1.09. The second-order valence-corrected chi connectivity index (χ2v) is 5.15. The number of benzene rings is 1. The summed E-state index contributed by atoms with van der Waals surface area (Å²) in [5.41, 5.74) is 1.14. The Hall–Kier alpha value is -1.04. The first kappa shape index (κ1) is 12.4. The zero-order chi connectivity index (χ0) is 12.1. The first-order valence-electron chi connectivity index (χ1n) is 5.79. The molecule has 0 bridgehead atoms. The smallest absolute Gasteiger partial charge is 0.128 e. The Bertz CT molecular complexity index is 479. The van der Waals surface area contributed by atoms with Gasteiger partial charge in [-0.2, -0.15) is 0 Å². The number of halogens is 1. The molecule has 4 heteroatoms. The van der Waals surface area contributed by atoms with E-state index >= 15 is 0 Å². The number of hydrogen-bond donors (Lipinski definition) is 1. The van der Waals surface area contributed by atoms with Crippen LogP contribution in [0.4, 0.5) is 5.69 Å². The van der Waals surface area contributed by atoms with Gasteiger partial charge in [0.2, 0.25) is 0 Å². The van der Waals surface area contributed by atoms with Crippen molar-refractivity contribution in [3.8, 4) is 0 Å². The van der Waals surface area contributed by atoms with Crippen molar-refractivity contribution in [2.75, 3.05) is 5.32 Å². The Labute approximate surface area is 115 Å². The highest BCUT2D eigenvalue weighted by Crippen LogP contribution is 2.13. The van der Waals surface area contributed by atoms with Crippen LogP contribution < -0.4 is 5.32 Å². The fourth-order valence-corrected chi connectivity index (χ4v) is 2.27. The molecule has 0 fully saturated rings. The zero-order valence-corrected chi connectivity index (χ0v) is 12.0. The SMILES string of the molecule is CCCn1ccnc1CNc1cccc(I)c1. The molecule has 2 rings (SSSR count). The minimum absolute atomic E-state index is 0.771.